The van der Waals surface area contributed by atoms with Crippen molar-refractivity contribution in [2.24, 2.45) is 6.98 Å². The van der Waals surface area contributed by atoms with Crippen LogP contribution in [0.15, 0.2) is 30.5 Å². The van der Waals surface area contributed by atoms with E-state index in [0.717, 1.165) is 9.95 Å². The Morgan fingerprint density at radius 2 is 2.36 bits per heavy atom. The van der Waals surface area contributed by atoms with Crippen LogP contribution < -0.4 is 0 Å². The van der Waals surface area contributed by atoms with Gasteiger partial charge >= 0.3 is 0 Å². The maximum absolute atomic E-state index is 9.53. The van der Waals surface area contributed by atoms with E-state index in [1.165, 1.54) is 12.3 Å². The second kappa shape index (κ2) is 2.02. The predicted octanol–water partition coefficient (Wildman–Crippen LogP) is 1.88. The van der Waals surface area contributed by atoms with E-state index in [9.17, 15) is 5.11 Å². The number of hydrogen-bond acceptors (Lipinski definition) is 1. The number of aryl methyl sites for hydroxylation is 1. The number of para-hydroxylation sites is 1. The summed E-state index contributed by atoms with van der Waals surface area (Å²) in [6, 6.07) is 6.59. The van der Waals surface area contributed by atoms with Crippen LogP contribution in [0, 0.1) is 0 Å². The minimum absolute atomic E-state index is 0.0105. The number of rotatable bonds is 0. The van der Waals surface area contributed by atoms with Gasteiger partial charge in [-0.1, -0.05) is 12.1 Å². The summed E-state index contributed by atoms with van der Waals surface area (Å²) in [5.74, 6) is -0.0105. The fourth-order valence-electron chi connectivity index (χ4n) is 1.18. The minimum Gasteiger partial charge on any atom is -0.506 e. The van der Waals surface area contributed by atoms with Gasteiger partial charge in [-0.15, -0.1) is 0 Å². The maximum Gasteiger partial charge on any atom is 0.139 e. The van der Waals surface area contributed by atoms with Crippen LogP contribution in [-0.2, 0) is 6.98 Å². The van der Waals surface area contributed by atoms with Crippen LogP contribution in [0.3, 0.4) is 0 Å². The quantitative estimate of drug-likeness (QED) is 0.609. The molecule has 11 heavy (non-hydrogen) atoms. The Morgan fingerprint density at radius 1 is 1.45 bits per heavy atom. The van der Waals surface area contributed by atoms with Gasteiger partial charge in [0.2, 0.25) is 0 Å². The highest BCUT2D eigenvalue weighted by atomic mass is 16.3. The van der Waals surface area contributed by atoms with Crippen molar-refractivity contribution in [2.75, 3.05) is 0 Å². The summed E-state index contributed by atoms with van der Waals surface area (Å²) in [5.41, 5.74) is 0.354. The first kappa shape index (κ1) is 3.81. The lowest BCUT2D eigenvalue weighted by Gasteiger charge is -1.97. The number of aromatic hydroxyl groups is 1. The Labute approximate surface area is 68.9 Å². The second-order valence-electron chi connectivity index (χ2n) is 2.40. The Kier molecular flexibility index (Phi) is 0.700. The average Bonchev–Trinajstić information content (AvgIpc) is 2.47. The Balaban J connectivity index is 2.80. The van der Waals surface area contributed by atoms with E-state index in [1.54, 1.807) is 18.2 Å². The molecule has 0 aliphatic rings. The number of nitrogens with zero attached hydrogens (tertiary/aromatic N) is 1. The van der Waals surface area contributed by atoms with Gasteiger partial charge in [-0.25, -0.2) is 0 Å². The van der Waals surface area contributed by atoms with Crippen molar-refractivity contribution in [1.29, 1.82) is 0 Å². The Hall–Kier alpha value is -1.44. The molecule has 2 heteroatoms. The van der Waals surface area contributed by atoms with Crippen LogP contribution in [0.5, 0.6) is 5.75 Å². The number of phenolic OH excluding ortho intramolecular Hbond substituents is 1. The SMILES string of the molecule is [2H]C([2H])([2H])n1ccc2cccc(O)c21. The first-order chi connectivity index (χ1) is 6.50. The molecule has 56 valence electrons. The van der Waals surface area contributed by atoms with Crippen molar-refractivity contribution < 1.29 is 9.22 Å². The molecule has 0 amide bonds. The zero-order valence-corrected chi connectivity index (χ0v) is 5.78. The lowest BCUT2D eigenvalue weighted by atomic mass is 10.2. The van der Waals surface area contributed by atoms with Crippen molar-refractivity contribution in [3.8, 4) is 5.75 Å². The highest BCUT2D eigenvalue weighted by molar-refractivity contribution is 5.85. The molecular weight excluding hydrogens is 138 g/mol. The number of benzene rings is 1. The van der Waals surface area contributed by atoms with Crippen molar-refractivity contribution >= 4 is 10.9 Å². The number of aromatic nitrogens is 1. The zero-order valence-electron chi connectivity index (χ0n) is 8.78. The molecule has 2 rings (SSSR count). The van der Waals surface area contributed by atoms with Crippen LogP contribution in [0.1, 0.15) is 4.11 Å². The molecule has 0 radical (unpaired) electrons. The number of hydrogen-bond donors (Lipinski definition) is 1. The van der Waals surface area contributed by atoms with Gasteiger partial charge in [0.1, 0.15) is 5.75 Å². The Morgan fingerprint density at radius 3 is 3.18 bits per heavy atom. The summed E-state index contributed by atoms with van der Waals surface area (Å²) in [6.45, 7) is -2.25. The van der Waals surface area contributed by atoms with Gasteiger partial charge in [0.05, 0.1) is 5.52 Å². The smallest absolute Gasteiger partial charge is 0.139 e. The average molecular weight is 150 g/mol. The molecule has 0 aliphatic carbocycles. The number of phenols is 1. The topological polar surface area (TPSA) is 25.2 Å². The fraction of sp³-hybridized carbons (Fsp3) is 0.111. The standard InChI is InChI=1S/C9H9NO/c1-10-6-5-7-3-2-4-8(11)9(7)10/h2-6,11H,1H3/i1D3. The first-order valence-corrected chi connectivity index (χ1v) is 3.30. The van der Waals surface area contributed by atoms with Gasteiger partial charge in [-0.05, 0) is 12.1 Å². The molecule has 1 aromatic heterocycles. The first-order valence-electron chi connectivity index (χ1n) is 4.80. The van der Waals surface area contributed by atoms with Crippen LogP contribution in [0.4, 0.5) is 0 Å². The maximum atomic E-state index is 9.53. The summed E-state index contributed by atoms with van der Waals surface area (Å²) in [7, 11) is 0. The van der Waals surface area contributed by atoms with Gasteiger partial charge in [-0.3, -0.25) is 0 Å². The lowest BCUT2D eigenvalue weighted by Crippen LogP contribution is -1.83. The fourth-order valence-corrected chi connectivity index (χ4v) is 1.18. The van der Waals surface area contributed by atoms with E-state index in [2.05, 4.69) is 0 Å². The summed E-state index contributed by atoms with van der Waals surface area (Å²) in [4.78, 5) is 0. The lowest BCUT2D eigenvalue weighted by molar-refractivity contribution is 0.479. The predicted molar refractivity (Wildman–Crippen MR) is 44.6 cm³/mol. The third-order valence-corrected chi connectivity index (χ3v) is 1.69. The van der Waals surface area contributed by atoms with Crippen LogP contribution in [0.2, 0.25) is 0 Å². The van der Waals surface area contributed by atoms with Crippen LogP contribution in [0.25, 0.3) is 10.9 Å². The molecule has 1 N–H and O–H groups in total. The number of fused-ring (bicyclic) bond motifs is 1. The molecule has 0 unspecified atom stereocenters. The highest BCUT2D eigenvalue weighted by Gasteiger charge is 2.00. The third-order valence-electron chi connectivity index (χ3n) is 1.69. The van der Waals surface area contributed by atoms with Gasteiger partial charge in [0.25, 0.3) is 0 Å². The van der Waals surface area contributed by atoms with E-state index in [0.29, 0.717) is 5.52 Å². The van der Waals surface area contributed by atoms with E-state index in [4.69, 9.17) is 4.11 Å². The summed E-state index contributed by atoms with van der Waals surface area (Å²) >= 11 is 0. The zero-order chi connectivity index (χ0) is 10.3. The van der Waals surface area contributed by atoms with E-state index in [-0.39, 0.29) is 5.75 Å². The van der Waals surface area contributed by atoms with E-state index in [1.807, 2.05) is 0 Å². The van der Waals surface area contributed by atoms with Crippen molar-refractivity contribution in [1.82, 2.24) is 4.57 Å². The summed E-state index contributed by atoms with van der Waals surface area (Å²) in [6.07, 6.45) is 1.46. The summed E-state index contributed by atoms with van der Waals surface area (Å²) < 4.78 is 22.9. The van der Waals surface area contributed by atoms with Gasteiger partial charge in [0, 0.05) is 22.7 Å². The molecule has 2 aromatic rings. The molecular formula is C9H9NO. The third kappa shape index (κ3) is 0.792. The molecule has 0 bridgehead atoms. The second-order valence-corrected chi connectivity index (χ2v) is 2.40. The molecule has 2 nitrogen and oxygen atoms in total. The van der Waals surface area contributed by atoms with Gasteiger partial charge in [0.15, 0.2) is 0 Å². The van der Waals surface area contributed by atoms with Crippen molar-refractivity contribution in [3.05, 3.63) is 30.5 Å². The van der Waals surface area contributed by atoms with Crippen LogP contribution >= 0.6 is 0 Å². The van der Waals surface area contributed by atoms with Crippen molar-refractivity contribution in [3.63, 3.8) is 0 Å². The van der Waals surface area contributed by atoms with Crippen LogP contribution in [-0.4, -0.2) is 9.67 Å². The molecule has 1 aromatic carbocycles. The molecule has 0 saturated heterocycles. The summed E-state index contributed by atoms with van der Waals surface area (Å²) in [5, 5.41) is 10.3. The van der Waals surface area contributed by atoms with Crippen molar-refractivity contribution in [2.45, 2.75) is 0 Å². The molecule has 0 aliphatic heterocycles. The molecule has 0 saturated carbocycles. The largest absolute Gasteiger partial charge is 0.506 e. The Bertz CT molecular complexity index is 472. The van der Waals surface area contributed by atoms with E-state index >= 15 is 0 Å². The molecule has 0 atom stereocenters. The molecule has 1 heterocycles. The molecule has 0 spiro atoms. The monoisotopic (exact) mass is 150 g/mol. The highest BCUT2D eigenvalue weighted by Crippen LogP contribution is 2.23. The molecule has 0 fully saturated rings. The van der Waals surface area contributed by atoms with E-state index < -0.39 is 6.98 Å². The normalized spacial score (nSPS) is 15.8. The van der Waals surface area contributed by atoms with Gasteiger partial charge in [-0.2, -0.15) is 0 Å². The van der Waals surface area contributed by atoms with Gasteiger partial charge < -0.3 is 9.67 Å². The minimum atomic E-state index is -2.25.